The van der Waals surface area contributed by atoms with Crippen LogP contribution in [0.15, 0.2) is 40.7 Å². The minimum atomic E-state index is 0.636. The fourth-order valence-electron chi connectivity index (χ4n) is 1.79. The molecule has 20 heavy (non-hydrogen) atoms. The van der Waals surface area contributed by atoms with Crippen LogP contribution >= 0.6 is 11.3 Å². The first-order valence-electron chi connectivity index (χ1n) is 6.04. The zero-order chi connectivity index (χ0) is 13.8. The Labute approximate surface area is 120 Å². The van der Waals surface area contributed by atoms with Gasteiger partial charge < -0.3 is 0 Å². The maximum absolute atomic E-state index is 8.94. The highest BCUT2D eigenvalue weighted by Gasteiger charge is 2.08. The molecule has 0 aliphatic carbocycles. The molecule has 0 unspecified atom stereocenters. The zero-order valence-corrected chi connectivity index (χ0v) is 11.3. The summed E-state index contributed by atoms with van der Waals surface area (Å²) >= 11 is 1.54. The number of aromatic nitrogens is 1. The first-order chi connectivity index (χ1) is 9.86. The Hall–Kier alpha value is -2.69. The van der Waals surface area contributed by atoms with Crippen molar-refractivity contribution in [3.8, 4) is 28.5 Å². The number of hydrogen-bond acceptors (Lipinski definition) is 4. The minimum Gasteiger partial charge on any atom is -0.257 e. The van der Waals surface area contributed by atoms with Crippen molar-refractivity contribution < 1.29 is 0 Å². The second-order valence-electron chi connectivity index (χ2n) is 4.10. The summed E-state index contributed by atoms with van der Waals surface area (Å²) in [4.78, 5) is 8.92. The van der Waals surface area contributed by atoms with Crippen molar-refractivity contribution in [1.82, 2.24) is 4.98 Å². The molecule has 2 aromatic rings. The van der Waals surface area contributed by atoms with Crippen molar-refractivity contribution in [2.75, 3.05) is 0 Å². The van der Waals surface area contributed by atoms with Gasteiger partial charge in [-0.05, 0) is 12.1 Å². The van der Waals surface area contributed by atoms with E-state index in [-0.39, 0.29) is 0 Å². The highest BCUT2D eigenvalue weighted by molar-refractivity contribution is 7.13. The number of nitriles is 1. The predicted molar refractivity (Wildman–Crippen MR) is 81.1 cm³/mol. The topological polar surface area (TPSA) is 49.0 Å². The largest absolute Gasteiger partial charge is 0.257 e. The summed E-state index contributed by atoms with van der Waals surface area (Å²) in [6.45, 7) is 0. The third-order valence-corrected chi connectivity index (χ3v) is 3.63. The van der Waals surface area contributed by atoms with E-state index in [0.717, 1.165) is 22.0 Å². The number of aliphatic imine (C=N–C) groups is 1. The van der Waals surface area contributed by atoms with Crippen LogP contribution in [0.5, 0.6) is 0 Å². The molecule has 1 aliphatic heterocycles. The quantitative estimate of drug-likeness (QED) is 0.787. The molecule has 1 aromatic heterocycles. The summed E-state index contributed by atoms with van der Waals surface area (Å²) in [6.07, 6.45) is 4.25. The molecule has 0 saturated carbocycles. The van der Waals surface area contributed by atoms with Crippen LogP contribution in [0, 0.1) is 23.2 Å². The van der Waals surface area contributed by atoms with Gasteiger partial charge in [-0.1, -0.05) is 24.0 Å². The molecule has 0 saturated heterocycles. The van der Waals surface area contributed by atoms with Crippen LogP contribution in [-0.2, 0) is 0 Å². The van der Waals surface area contributed by atoms with Crippen LogP contribution in [0.4, 0.5) is 0 Å². The molecular formula is C16H9N3S. The van der Waals surface area contributed by atoms with E-state index in [9.17, 15) is 0 Å². The van der Waals surface area contributed by atoms with E-state index in [4.69, 9.17) is 5.26 Å². The highest BCUT2D eigenvalue weighted by Crippen LogP contribution is 2.27. The maximum Gasteiger partial charge on any atom is 0.124 e. The molecule has 0 bridgehead atoms. The second kappa shape index (κ2) is 5.52. The fourth-order valence-corrected chi connectivity index (χ4v) is 2.60. The molecule has 1 aliphatic rings. The van der Waals surface area contributed by atoms with Gasteiger partial charge in [0.2, 0.25) is 0 Å². The van der Waals surface area contributed by atoms with Gasteiger partial charge in [0, 0.05) is 29.7 Å². The van der Waals surface area contributed by atoms with E-state index in [2.05, 4.69) is 27.9 Å². The standard InChI is InChI=1S/C16H9N3S/c17-10-12-5-4-6-13(9-12)16-19-15(11-20-16)14-7-2-1-3-8-18-14/h4-9,11H,3H2. The van der Waals surface area contributed by atoms with Crippen molar-refractivity contribution >= 4 is 23.2 Å². The third-order valence-electron chi connectivity index (χ3n) is 2.74. The van der Waals surface area contributed by atoms with Crippen LogP contribution in [-0.4, -0.2) is 11.2 Å². The molecule has 2 heterocycles. The number of benzene rings is 1. The number of rotatable bonds is 2. The van der Waals surface area contributed by atoms with E-state index in [0.29, 0.717) is 12.0 Å². The molecular weight excluding hydrogens is 266 g/mol. The zero-order valence-electron chi connectivity index (χ0n) is 10.5. The lowest BCUT2D eigenvalue weighted by molar-refractivity contribution is 1.32. The van der Waals surface area contributed by atoms with Gasteiger partial charge in [0.25, 0.3) is 0 Å². The van der Waals surface area contributed by atoms with Crippen LogP contribution in [0.3, 0.4) is 0 Å². The first-order valence-corrected chi connectivity index (χ1v) is 6.92. The second-order valence-corrected chi connectivity index (χ2v) is 4.96. The Morgan fingerprint density at radius 2 is 2.30 bits per heavy atom. The van der Waals surface area contributed by atoms with Crippen molar-refractivity contribution in [3.05, 3.63) is 47.0 Å². The van der Waals surface area contributed by atoms with Gasteiger partial charge in [-0.2, -0.15) is 5.26 Å². The third kappa shape index (κ3) is 2.51. The van der Waals surface area contributed by atoms with Crippen molar-refractivity contribution in [1.29, 1.82) is 5.26 Å². The average molecular weight is 275 g/mol. The molecule has 3 nitrogen and oxygen atoms in total. The van der Waals surface area contributed by atoms with Gasteiger partial charge in [0.15, 0.2) is 0 Å². The fraction of sp³-hybridized carbons (Fsp3) is 0.0625. The lowest BCUT2D eigenvalue weighted by Gasteiger charge is -1.97. The van der Waals surface area contributed by atoms with Gasteiger partial charge in [-0.25, -0.2) is 4.98 Å². The summed E-state index contributed by atoms with van der Waals surface area (Å²) in [7, 11) is 0. The summed E-state index contributed by atoms with van der Waals surface area (Å²) in [6, 6.07) is 9.58. The van der Waals surface area contributed by atoms with Crippen LogP contribution in [0.1, 0.15) is 17.7 Å². The van der Waals surface area contributed by atoms with E-state index in [1.807, 2.05) is 23.6 Å². The van der Waals surface area contributed by atoms with Crippen LogP contribution in [0.25, 0.3) is 16.3 Å². The molecule has 4 heteroatoms. The smallest absolute Gasteiger partial charge is 0.124 e. The minimum absolute atomic E-state index is 0.636. The normalized spacial score (nSPS) is 12.8. The van der Waals surface area contributed by atoms with E-state index >= 15 is 0 Å². The Morgan fingerprint density at radius 3 is 3.20 bits per heavy atom. The first kappa shape index (κ1) is 12.3. The van der Waals surface area contributed by atoms with Gasteiger partial charge in [-0.3, -0.25) is 4.99 Å². The monoisotopic (exact) mass is 275 g/mol. The molecule has 0 N–H and O–H groups in total. The molecule has 0 radical (unpaired) electrons. The van der Waals surface area contributed by atoms with Gasteiger partial charge >= 0.3 is 0 Å². The van der Waals surface area contributed by atoms with E-state index in [1.165, 1.54) is 11.3 Å². The summed E-state index contributed by atoms with van der Waals surface area (Å²) in [5.74, 6) is 5.91. The summed E-state index contributed by atoms with van der Waals surface area (Å²) < 4.78 is 0. The van der Waals surface area contributed by atoms with Crippen LogP contribution < -0.4 is 0 Å². The number of nitrogens with zero attached hydrogens (tertiary/aromatic N) is 3. The molecule has 0 fully saturated rings. The molecule has 0 amide bonds. The Kier molecular flexibility index (Phi) is 3.41. The molecule has 3 rings (SSSR count). The predicted octanol–water partition coefficient (Wildman–Crippen LogP) is 3.50. The molecule has 94 valence electrons. The van der Waals surface area contributed by atoms with E-state index < -0.39 is 0 Å². The van der Waals surface area contributed by atoms with Crippen molar-refractivity contribution in [2.45, 2.75) is 6.42 Å². The molecule has 0 spiro atoms. The molecule has 0 atom stereocenters. The number of hydrogen-bond donors (Lipinski definition) is 0. The maximum atomic E-state index is 8.94. The average Bonchev–Trinajstić information content (AvgIpc) is 2.83. The highest BCUT2D eigenvalue weighted by atomic mass is 32.1. The van der Waals surface area contributed by atoms with Gasteiger partial charge in [-0.15, -0.1) is 11.3 Å². The number of thiazole rings is 1. The summed E-state index contributed by atoms with van der Waals surface area (Å²) in [5, 5.41) is 11.8. The Balaban J connectivity index is 1.97. The lowest BCUT2D eigenvalue weighted by atomic mass is 10.1. The summed E-state index contributed by atoms with van der Waals surface area (Å²) in [5.41, 5.74) is 3.19. The molecule has 1 aromatic carbocycles. The SMILES string of the molecule is N#Cc1cccc(-c2nc(C3=CC#CCC=N3)cs2)c1. The van der Waals surface area contributed by atoms with Gasteiger partial charge in [0.1, 0.15) is 10.7 Å². The van der Waals surface area contributed by atoms with E-state index in [1.54, 1.807) is 18.4 Å². The van der Waals surface area contributed by atoms with Gasteiger partial charge in [0.05, 0.1) is 17.3 Å². The van der Waals surface area contributed by atoms with Crippen molar-refractivity contribution in [3.63, 3.8) is 0 Å². The van der Waals surface area contributed by atoms with Crippen LogP contribution in [0.2, 0.25) is 0 Å². The lowest BCUT2D eigenvalue weighted by Crippen LogP contribution is -1.83. The Bertz CT molecular complexity index is 810. The number of allylic oxidation sites excluding steroid dienone is 1. The Morgan fingerprint density at radius 1 is 1.35 bits per heavy atom. The van der Waals surface area contributed by atoms with Crippen molar-refractivity contribution in [2.24, 2.45) is 4.99 Å².